The van der Waals surface area contributed by atoms with E-state index in [1.54, 1.807) is 16.4 Å². The van der Waals surface area contributed by atoms with Crippen LogP contribution in [0.25, 0.3) is 0 Å². The highest BCUT2D eigenvalue weighted by Crippen LogP contribution is 2.19. The average Bonchev–Trinajstić information content (AvgIpc) is 2.84. The number of nitrogens with one attached hydrogen (secondary N) is 2. The fourth-order valence-electron chi connectivity index (χ4n) is 3.70. The van der Waals surface area contributed by atoms with E-state index in [0.29, 0.717) is 24.7 Å². The van der Waals surface area contributed by atoms with Crippen LogP contribution in [0.2, 0.25) is 0 Å². The molecule has 2 aliphatic rings. The number of hydrogen-bond donors (Lipinski definition) is 2. The predicted molar refractivity (Wildman–Crippen MR) is 97.3 cm³/mol. The molecule has 0 amide bonds. The molecule has 3 rings (SSSR count). The van der Waals surface area contributed by atoms with Crippen LogP contribution in [0, 0.1) is 5.82 Å². The molecular weight excluding hydrogens is 341 g/mol. The van der Waals surface area contributed by atoms with Crippen LogP contribution in [-0.4, -0.2) is 51.0 Å². The molecule has 2 heterocycles. The lowest BCUT2D eigenvalue weighted by Gasteiger charge is -2.30. The van der Waals surface area contributed by atoms with Crippen molar-refractivity contribution in [3.63, 3.8) is 0 Å². The molecule has 140 valence electrons. The molecular formula is C18H28FN3O2S. The normalized spacial score (nSPS) is 24.1. The SMILES string of the molecule is O=S(=O)(Cc1ccc(F)cc1)N1CCCC[C@@H](NC2CCNCC2)C1. The number of sulfonamides is 1. The molecule has 5 nitrogen and oxygen atoms in total. The Morgan fingerprint density at radius 1 is 1.08 bits per heavy atom. The van der Waals surface area contributed by atoms with Crippen LogP contribution in [0.3, 0.4) is 0 Å². The van der Waals surface area contributed by atoms with E-state index in [0.717, 1.165) is 45.2 Å². The van der Waals surface area contributed by atoms with Crippen LogP contribution in [0.1, 0.15) is 37.7 Å². The van der Waals surface area contributed by atoms with E-state index in [2.05, 4.69) is 10.6 Å². The molecule has 7 heteroatoms. The molecule has 0 aromatic heterocycles. The predicted octanol–water partition coefficient (Wildman–Crippen LogP) is 1.85. The first-order valence-corrected chi connectivity index (χ1v) is 10.8. The van der Waals surface area contributed by atoms with E-state index >= 15 is 0 Å². The summed E-state index contributed by atoms with van der Waals surface area (Å²) in [6, 6.07) is 6.42. The van der Waals surface area contributed by atoms with Crippen molar-refractivity contribution >= 4 is 10.0 Å². The van der Waals surface area contributed by atoms with Gasteiger partial charge in [-0.1, -0.05) is 18.6 Å². The Kier molecular flexibility index (Phi) is 6.44. The topological polar surface area (TPSA) is 61.4 Å². The van der Waals surface area contributed by atoms with Gasteiger partial charge in [0, 0.05) is 25.2 Å². The van der Waals surface area contributed by atoms with Crippen molar-refractivity contribution in [3.8, 4) is 0 Å². The Morgan fingerprint density at radius 3 is 2.52 bits per heavy atom. The highest BCUT2D eigenvalue weighted by Gasteiger charge is 2.29. The summed E-state index contributed by atoms with van der Waals surface area (Å²) < 4.78 is 40.3. The highest BCUT2D eigenvalue weighted by molar-refractivity contribution is 7.88. The maximum absolute atomic E-state index is 13.0. The number of benzene rings is 1. The second-order valence-corrected chi connectivity index (χ2v) is 9.09. The number of rotatable bonds is 5. The van der Waals surface area contributed by atoms with Gasteiger partial charge in [-0.2, -0.15) is 0 Å². The second kappa shape index (κ2) is 8.58. The quantitative estimate of drug-likeness (QED) is 0.832. The molecule has 1 aromatic carbocycles. The average molecular weight is 370 g/mol. The summed E-state index contributed by atoms with van der Waals surface area (Å²) in [5.74, 6) is -0.407. The first-order chi connectivity index (χ1) is 12.0. The van der Waals surface area contributed by atoms with Crippen LogP contribution in [0.4, 0.5) is 4.39 Å². The molecule has 0 aliphatic carbocycles. The van der Waals surface area contributed by atoms with Gasteiger partial charge in [0.15, 0.2) is 0 Å². The Bertz CT molecular complexity index is 645. The molecule has 2 aliphatic heterocycles. The molecule has 0 saturated carbocycles. The molecule has 0 radical (unpaired) electrons. The van der Waals surface area contributed by atoms with Crippen molar-refractivity contribution in [1.82, 2.24) is 14.9 Å². The lowest BCUT2D eigenvalue weighted by molar-refractivity contribution is 0.309. The first-order valence-electron chi connectivity index (χ1n) is 9.22. The van der Waals surface area contributed by atoms with E-state index in [1.165, 1.54) is 12.1 Å². The van der Waals surface area contributed by atoms with E-state index in [1.807, 2.05) is 0 Å². The fraction of sp³-hybridized carbons (Fsp3) is 0.667. The van der Waals surface area contributed by atoms with Crippen molar-refractivity contribution < 1.29 is 12.8 Å². The molecule has 1 aromatic rings. The number of nitrogens with zero attached hydrogens (tertiary/aromatic N) is 1. The Morgan fingerprint density at radius 2 is 1.80 bits per heavy atom. The lowest BCUT2D eigenvalue weighted by atomic mass is 10.0. The third-order valence-electron chi connectivity index (χ3n) is 5.10. The Balaban J connectivity index is 1.63. The van der Waals surface area contributed by atoms with Gasteiger partial charge in [-0.05, 0) is 56.5 Å². The molecule has 0 spiro atoms. The van der Waals surface area contributed by atoms with Gasteiger partial charge in [0.1, 0.15) is 5.82 Å². The van der Waals surface area contributed by atoms with Crippen LogP contribution < -0.4 is 10.6 Å². The van der Waals surface area contributed by atoms with E-state index < -0.39 is 10.0 Å². The number of piperidine rings is 1. The van der Waals surface area contributed by atoms with Gasteiger partial charge in [0.25, 0.3) is 0 Å². The van der Waals surface area contributed by atoms with Crippen molar-refractivity contribution in [2.75, 3.05) is 26.2 Å². The summed E-state index contributed by atoms with van der Waals surface area (Å²) in [6.45, 7) is 3.16. The maximum atomic E-state index is 13.0. The summed E-state index contributed by atoms with van der Waals surface area (Å²) in [6.07, 6.45) is 5.16. The van der Waals surface area contributed by atoms with Gasteiger partial charge in [-0.25, -0.2) is 17.1 Å². The van der Waals surface area contributed by atoms with Gasteiger partial charge in [-0.15, -0.1) is 0 Å². The largest absolute Gasteiger partial charge is 0.317 e. The summed E-state index contributed by atoms with van der Waals surface area (Å²) in [5.41, 5.74) is 0.633. The highest BCUT2D eigenvalue weighted by atomic mass is 32.2. The molecule has 2 fully saturated rings. The summed E-state index contributed by atoms with van der Waals surface area (Å²) in [7, 11) is -3.39. The van der Waals surface area contributed by atoms with Crippen LogP contribution >= 0.6 is 0 Å². The smallest absolute Gasteiger partial charge is 0.218 e. The molecule has 2 saturated heterocycles. The fourth-order valence-corrected chi connectivity index (χ4v) is 5.31. The minimum atomic E-state index is -3.39. The Hall–Kier alpha value is -1.02. The first kappa shape index (κ1) is 18.8. The van der Waals surface area contributed by atoms with Crippen LogP contribution in [0.15, 0.2) is 24.3 Å². The molecule has 0 unspecified atom stereocenters. The minimum absolute atomic E-state index is 0.0622. The molecule has 0 bridgehead atoms. The van der Waals surface area contributed by atoms with Crippen molar-refractivity contribution in [2.45, 2.75) is 49.9 Å². The molecule has 2 N–H and O–H groups in total. The number of hydrogen-bond acceptors (Lipinski definition) is 4. The van der Waals surface area contributed by atoms with E-state index in [4.69, 9.17) is 0 Å². The van der Waals surface area contributed by atoms with E-state index in [9.17, 15) is 12.8 Å². The summed E-state index contributed by atoms with van der Waals surface area (Å²) in [4.78, 5) is 0. The maximum Gasteiger partial charge on any atom is 0.218 e. The zero-order valence-electron chi connectivity index (χ0n) is 14.6. The monoisotopic (exact) mass is 369 g/mol. The zero-order valence-corrected chi connectivity index (χ0v) is 15.4. The zero-order chi connectivity index (χ0) is 17.7. The summed E-state index contributed by atoms with van der Waals surface area (Å²) >= 11 is 0. The Labute approximate surface area is 150 Å². The van der Waals surface area contributed by atoms with E-state index in [-0.39, 0.29) is 17.6 Å². The van der Waals surface area contributed by atoms with Crippen molar-refractivity contribution in [3.05, 3.63) is 35.6 Å². The van der Waals surface area contributed by atoms with Gasteiger partial charge < -0.3 is 10.6 Å². The second-order valence-electron chi connectivity index (χ2n) is 7.12. The van der Waals surface area contributed by atoms with Crippen LogP contribution in [0.5, 0.6) is 0 Å². The van der Waals surface area contributed by atoms with Crippen molar-refractivity contribution in [1.29, 1.82) is 0 Å². The van der Waals surface area contributed by atoms with Gasteiger partial charge >= 0.3 is 0 Å². The van der Waals surface area contributed by atoms with Gasteiger partial charge in [-0.3, -0.25) is 0 Å². The molecule has 25 heavy (non-hydrogen) atoms. The minimum Gasteiger partial charge on any atom is -0.317 e. The standard InChI is InChI=1S/C18H28FN3O2S/c19-16-6-4-15(5-7-16)14-25(23,24)22-12-2-1-3-18(13-22)21-17-8-10-20-11-9-17/h4-7,17-18,20-21H,1-3,8-14H2/t18-/m1/s1. The van der Waals surface area contributed by atoms with Crippen LogP contribution in [-0.2, 0) is 15.8 Å². The summed E-state index contributed by atoms with van der Waals surface area (Å²) in [5, 5.41) is 7.03. The third-order valence-corrected chi connectivity index (χ3v) is 6.92. The van der Waals surface area contributed by atoms with Gasteiger partial charge in [0.2, 0.25) is 10.0 Å². The van der Waals surface area contributed by atoms with Gasteiger partial charge in [0.05, 0.1) is 5.75 Å². The molecule has 1 atom stereocenters. The van der Waals surface area contributed by atoms with Crippen molar-refractivity contribution in [2.24, 2.45) is 0 Å². The number of halogens is 1. The lowest BCUT2D eigenvalue weighted by Crippen LogP contribution is -2.49. The third kappa shape index (κ3) is 5.48.